The Bertz CT molecular complexity index is 428. The largest absolute Gasteiger partial charge is 0.469 e. The average Bonchev–Trinajstić information content (AvgIpc) is 2.90. The highest BCUT2D eigenvalue weighted by atomic mass is 32.1. The molecule has 0 spiro atoms. The van der Waals surface area contributed by atoms with Crippen LogP contribution in [0.2, 0.25) is 0 Å². The molecule has 1 aromatic rings. The molecule has 1 fully saturated rings. The lowest BCUT2D eigenvalue weighted by Crippen LogP contribution is -2.39. The van der Waals surface area contributed by atoms with Crippen LogP contribution < -0.4 is 5.32 Å². The third kappa shape index (κ3) is 4.32. The summed E-state index contributed by atoms with van der Waals surface area (Å²) in [5.41, 5.74) is 0.404. The van der Waals surface area contributed by atoms with Crippen LogP contribution in [0.3, 0.4) is 0 Å². The van der Waals surface area contributed by atoms with E-state index in [-0.39, 0.29) is 12.0 Å². The third-order valence-corrected chi connectivity index (χ3v) is 5.11. The van der Waals surface area contributed by atoms with Gasteiger partial charge in [-0.15, -0.1) is 11.3 Å². The molecule has 112 valence electrons. The van der Waals surface area contributed by atoms with Gasteiger partial charge in [0.25, 0.3) is 0 Å². The van der Waals surface area contributed by atoms with Gasteiger partial charge in [0.2, 0.25) is 0 Å². The summed E-state index contributed by atoms with van der Waals surface area (Å²) in [6, 6.07) is 4.72. The molecule has 0 saturated heterocycles. The minimum absolute atomic E-state index is 0.0846. The number of methoxy groups -OCH3 is 1. The van der Waals surface area contributed by atoms with Crippen molar-refractivity contribution in [3.63, 3.8) is 0 Å². The predicted molar refractivity (Wildman–Crippen MR) is 82.9 cm³/mol. The summed E-state index contributed by atoms with van der Waals surface area (Å²) in [6.45, 7) is 4.67. The Kier molecular flexibility index (Phi) is 5.22. The number of ether oxygens (including phenoxy) is 1. The highest BCUT2D eigenvalue weighted by Gasteiger charge is 2.30. The molecule has 20 heavy (non-hydrogen) atoms. The maximum Gasteiger partial charge on any atom is 0.307 e. The van der Waals surface area contributed by atoms with E-state index in [1.54, 1.807) is 11.3 Å². The molecule has 0 aliphatic heterocycles. The van der Waals surface area contributed by atoms with Crippen LogP contribution in [0.15, 0.2) is 17.5 Å². The van der Waals surface area contributed by atoms with Gasteiger partial charge in [0.05, 0.1) is 19.6 Å². The van der Waals surface area contributed by atoms with E-state index in [2.05, 4.69) is 30.6 Å². The molecule has 1 heterocycles. The van der Waals surface area contributed by atoms with Crippen LogP contribution >= 0.6 is 11.3 Å². The second-order valence-electron chi connectivity index (χ2n) is 6.47. The lowest BCUT2D eigenvalue weighted by atomic mass is 9.75. The maximum atomic E-state index is 11.6. The van der Waals surface area contributed by atoms with Gasteiger partial charge in [0.15, 0.2) is 0 Å². The number of nitrogens with one attached hydrogen (secondary N) is 1. The van der Waals surface area contributed by atoms with Crippen molar-refractivity contribution >= 4 is 17.3 Å². The van der Waals surface area contributed by atoms with Crippen molar-refractivity contribution < 1.29 is 9.53 Å². The zero-order valence-electron chi connectivity index (χ0n) is 12.6. The molecule has 1 N–H and O–H groups in total. The lowest BCUT2D eigenvalue weighted by molar-refractivity contribution is -0.141. The SMILES string of the molecule is COC(=O)CC(NC1CCCC(C)(C)C1)c1cccs1. The van der Waals surface area contributed by atoms with Gasteiger partial charge >= 0.3 is 5.97 Å². The maximum absolute atomic E-state index is 11.6. The van der Waals surface area contributed by atoms with E-state index >= 15 is 0 Å². The topological polar surface area (TPSA) is 38.3 Å². The van der Waals surface area contributed by atoms with Crippen molar-refractivity contribution in [1.29, 1.82) is 0 Å². The second-order valence-corrected chi connectivity index (χ2v) is 7.45. The van der Waals surface area contributed by atoms with Crippen LogP contribution in [0.1, 0.15) is 56.9 Å². The van der Waals surface area contributed by atoms with Gasteiger partial charge in [-0.1, -0.05) is 26.3 Å². The van der Waals surface area contributed by atoms with Crippen molar-refractivity contribution in [1.82, 2.24) is 5.32 Å². The highest BCUT2D eigenvalue weighted by molar-refractivity contribution is 7.10. The predicted octanol–water partition coefficient (Wildman–Crippen LogP) is 3.91. The number of thiophene rings is 1. The van der Waals surface area contributed by atoms with E-state index in [1.165, 1.54) is 37.7 Å². The monoisotopic (exact) mass is 295 g/mol. The van der Waals surface area contributed by atoms with E-state index in [9.17, 15) is 4.79 Å². The van der Waals surface area contributed by atoms with E-state index in [0.717, 1.165) is 0 Å². The number of carbonyl (C=O) groups is 1. The van der Waals surface area contributed by atoms with Crippen molar-refractivity contribution in [2.45, 2.75) is 58.0 Å². The minimum atomic E-state index is -0.147. The lowest BCUT2D eigenvalue weighted by Gasteiger charge is -2.37. The Labute approximate surface area is 125 Å². The van der Waals surface area contributed by atoms with Gasteiger partial charge in [-0.05, 0) is 36.1 Å². The number of carbonyl (C=O) groups excluding carboxylic acids is 1. The van der Waals surface area contributed by atoms with Crippen LogP contribution in [0.4, 0.5) is 0 Å². The standard InChI is InChI=1S/C16H25NO2S/c1-16(2)8-4-6-12(11-16)17-13(10-15(18)19-3)14-7-5-9-20-14/h5,7,9,12-13,17H,4,6,8,10-11H2,1-3H3. The molecule has 1 aliphatic rings. The Morgan fingerprint density at radius 2 is 2.40 bits per heavy atom. The summed E-state index contributed by atoms with van der Waals surface area (Å²) >= 11 is 1.70. The van der Waals surface area contributed by atoms with Gasteiger partial charge < -0.3 is 10.1 Å². The summed E-state index contributed by atoms with van der Waals surface area (Å²) in [5.74, 6) is -0.147. The minimum Gasteiger partial charge on any atom is -0.469 e. The zero-order chi connectivity index (χ0) is 14.6. The van der Waals surface area contributed by atoms with Crippen molar-refractivity contribution in [2.24, 2.45) is 5.41 Å². The molecule has 1 aliphatic carbocycles. The van der Waals surface area contributed by atoms with Gasteiger partial charge in [0.1, 0.15) is 0 Å². The number of hydrogen-bond donors (Lipinski definition) is 1. The second kappa shape index (κ2) is 6.72. The molecule has 3 nitrogen and oxygen atoms in total. The Hall–Kier alpha value is -0.870. The number of hydrogen-bond acceptors (Lipinski definition) is 4. The summed E-state index contributed by atoms with van der Waals surface area (Å²) < 4.78 is 4.83. The molecule has 0 amide bonds. The summed E-state index contributed by atoms with van der Waals surface area (Å²) in [6.07, 6.45) is 5.35. The summed E-state index contributed by atoms with van der Waals surface area (Å²) in [4.78, 5) is 12.8. The summed E-state index contributed by atoms with van der Waals surface area (Å²) in [5, 5.41) is 5.75. The van der Waals surface area contributed by atoms with E-state index in [4.69, 9.17) is 4.74 Å². The van der Waals surface area contributed by atoms with Gasteiger partial charge in [-0.25, -0.2) is 0 Å². The number of esters is 1. The first-order chi connectivity index (χ1) is 9.50. The Balaban J connectivity index is 2.02. The van der Waals surface area contributed by atoms with Gasteiger partial charge in [-0.3, -0.25) is 4.79 Å². The van der Waals surface area contributed by atoms with Gasteiger partial charge in [-0.2, -0.15) is 0 Å². The molecular formula is C16H25NO2S. The first kappa shape index (κ1) is 15.5. The quantitative estimate of drug-likeness (QED) is 0.837. The molecule has 1 aromatic heterocycles. The molecule has 4 heteroatoms. The average molecular weight is 295 g/mol. The normalized spacial score (nSPS) is 23.2. The first-order valence-electron chi connectivity index (χ1n) is 7.36. The van der Waals surface area contributed by atoms with E-state index < -0.39 is 0 Å². The van der Waals surface area contributed by atoms with Crippen molar-refractivity contribution in [3.05, 3.63) is 22.4 Å². The number of rotatable bonds is 5. The van der Waals surface area contributed by atoms with Crippen LogP contribution in [0.5, 0.6) is 0 Å². The molecule has 2 atom stereocenters. The highest BCUT2D eigenvalue weighted by Crippen LogP contribution is 2.36. The molecule has 0 aromatic carbocycles. The molecule has 2 unspecified atom stereocenters. The first-order valence-corrected chi connectivity index (χ1v) is 8.24. The Morgan fingerprint density at radius 1 is 1.60 bits per heavy atom. The molecule has 0 bridgehead atoms. The van der Waals surface area contributed by atoms with Crippen molar-refractivity contribution in [3.8, 4) is 0 Å². The van der Waals surface area contributed by atoms with Crippen LogP contribution in [0.25, 0.3) is 0 Å². The van der Waals surface area contributed by atoms with Gasteiger partial charge in [0, 0.05) is 10.9 Å². The van der Waals surface area contributed by atoms with E-state index in [0.29, 0.717) is 17.9 Å². The fraction of sp³-hybridized carbons (Fsp3) is 0.688. The smallest absolute Gasteiger partial charge is 0.307 e. The molecule has 0 radical (unpaired) electrons. The van der Waals surface area contributed by atoms with E-state index in [1.807, 2.05) is 6.07 Å². The van der Waals surface area contributed by atoms with Crippen LogP contribution in [0, 0.1) is 5.41 Å². The molecule has 2 rings (SSSR count). The third-order valence-electron chi connectivity index (χ3n) is 4.13. The fourth-order valence-corrected chi connectivity index (χ4v) is 3.89. The summed E-state index contributed by atoms with van der Waals surface area (Å²) in [7, 11) is 1.46. The fourth-order valence-electron chi connectivity index (χ4n) is 3.11. The Morgan fingerprint density at radius 3 is 3.00 bits per heavy atom. The molecule has 1 saturated carbocycles. The molecular weight excluding hydrogens is 270 g/mol. The van der Waals surface area contributed by atoms with Crippen LogP contribution in [-0.4, -0.2) is 19.1 Å². The van der Waals surface area contributed by atoms with Crippen molar-refractivity contribution in [2.75, 3.05) is 7.11 Å². The van der Waals surface area contributed by atoms with Crippen LogP contribution in [-0.2, 0) is 9.53 Å². The zero-order valence-corrected chi connectivity index (χ0v) is 13.5.